The van der Waals surface area contributed by atoms with E-state index in [0.29, 0.717) is 58.0 Å². The Hall–Kier alpha value is -3.83. The fraction of sp³-hybridized carbons (Fsp3) is 0.571. The van der Waals surface area contributed by atoms with Gasteiger partial charge in [0.15, 0.2) is 6.10 Å². The van der Waals surface area contributed by atoms with Gasteiger partial charge < -0.3 is 35.8 Å². The lowest BCUT2D eigenvalue weighted by Crippen LogP contribution is -2.54. The summed E-state index contributed by atoms with van der Waals surface area (Å²) in [5, 5.41) is 6.47. The van der Waals surface area contributed by atoms with Gasteiger partial charge in [-0.15, -0.1) is 0 Å². The van der Waals surface area contributed by atoms with E-state index in [2.05, 4.69) is 21.6 Å². The molecule has 0 radical (unpaired) electrons. The normalized spacial score (nSPS) is 20.9. The molecule has 11 nitrogen and oxygen atoms in total. The van der Waals surface area contributed by atoms with Crippen molar-refractivity contribution in [2.45, 2.75) is 70.6 Å². The second kappa shape index (κ2) is 14.3. The first-order valence-electron chi connectivity index (χ1n) is 17.0. The first kappa shape index (κ1) is 32.1. The third-order valence-corrected chi connectivity index (χ3v) is 10.3. The number of amides is 4. The zero-order valence-corrected chi connectivity index (χ0v) is 27.3. The van der Waals surface area contributed by atoms with Gasteiger partial charge in [0.1, 0.15) is 0 Å². The molecule has 1 atom stereocenters. The number of nitrogens with two attached hydrogens (primary N) is 1. The van der Waals surface area contributed by atoms with Crippen molar-refractivity contribution in [3.8, 4) is 0 Å². The quantitative estimate of drug-likeness (QED) is 0.415. The number of fused-ring (bicyclic) bond motifs is 1. The molecule has 4 N–H and O–H groups in total. The minimum Gasteiger partial charge on any atom is -0.436 e. The number of nitrogen functional groups attached to an aromatic ring is 1. The molecule has 0 bridgehead atoms. The van der Waals surface area contributed by atoms with Gasteiger partial charge in [0.2, 0.25) is 0 Å². The molecule has 3 fully saturated rings. The summed E-state index contributed by atoms with van der Waals surface area (Å²) in [6, 6.07) is 12.3. The van der Waals surface area contributed by atoms with Crippen LogP contribution in [0.25, 0.3) is 0 Å². The summed E-state index contributed by atoms with van der Waals surface area (Å²) in [6.45, 7) is 10.9. The van der Waals surface area contributed by atoms with Gasteiger partial charge in [0.05, 0.1) is 0 Å². The summed E-state index contributed by atoms with van der Waals surface area (Å²) in [4.78, 5) is 48.7. The molecule has 2 aromatic carbocycles. The number of nitrogens with zero attached hydrogens (tertiary/aromatic N) is 4. The number of hydrogen-bond donors (Lipinski definition) is 3. The predicted octanol–water partition coefficient (Wildman–Crippen LogP) is 3.63. The summed E-state index contributed by atoms with van der Waals surface area (Å²) >= 11 is 0. The number of ether oxygens (including phenoxy) is 1. The monoisotopic (exact) mass is 633 g/mol. The molecule has 2 aromatic rings. The molecule has 4 aliphatic rings. The largest absolute Gasteiger partial charge is 0.436 e. The van der Waals surface area contributed by atoms with Crippen LogP contribution in [0.1, 0.15) is 49.4 Å². The molecule has 46 heavy (non-hydrogen) atoms. The van der Waals surface area contributed by atoms with E-state index < -0.39 is 12.2 Å². The molecule has 4 aliphatic heterocycles. The fourth-order valence-corrected chi connectivity index (χ4v) is 7.57. The average Bonchev–Trinajstić information content (AvgIpc) is 3.25. The minimum absolute atomic E-state index is 0. The van der Waals surface area contributed by atoms with E-state index >= 15 is 0 Å². The first-order chi connectivity index (χ1) is 22.3. The third-order valence-electron chi connectivity index (χ3n) is 10.3. The maximum Gasteiger partial charge on any atom is 0.410 e. The Morgan fingerprint density at radius 2 is 1.54 bits per heavy atom. The van der Waals surface area contributed by atoms with E-state index in [9.17, 15) is 14.4 Å². The number of anilines is 2. The van der Waals surface area contributed by atoms with Crippen LogP contribution in [0.2, 0.25) is 0 Å². The van der Waals surface area contributed by atoms with E-state index in [4.69, 9.17) is 10.5 Å². The highest BCUT2D eigenvalue weighted by Gasteiger charge is 2.36. The zero-order valence-electron chi connectivity index (χ0n) is 27.3. The van der Waals surface area contributed by atoms with Crippen molar-refractivity contribution < 1.29 is 20.5 Å². The van der Waals surface area contributed by atoms with Crippen molar-refractivity contribution in [2.24, 2.45) is 0 Å². The Balaban J connectivity index is 0.00000433. The summed E-state index contributed by atoms with van der Waals surface area (Å²) in [6.07, 6.45) is 2.88. The second-order valence-corrected chi connectivity index (χ2v) is 13.3. The van der Waals surface area contributed by atoms with Crippen molar-refractivity contribution in [2.75, 3.05) is 70.0 Å². The summed E-state index contributed by atoms with van der Waals surface area (Å²) < 4.78 is 6.08. The van der Waals surface area contributed by atoms with Crippen LogP contribution in [0.5, 0.6) is 0 Å². The molecule has 0 saturated carbocycles. The lowest BCUT2D eigenvalue weighted by molar-refractivity contribution is -0.142. The Bertz CT molecular complexity index is 1400. The number of para-hydroxylation sites is 1. The van der Waals surface area contributed by atoms with Crippen molar-refractivity contribution in [3.05, 3.63) is 58.7 Å². The van der Waals surface area contributed by atoms with E-state index in [1.807, 2.05) is 54.0 Å². The number of carbonyl (C=O) groups excluding carboxylic acids is 3. The molecule has 3 saturated heterocycles. The van der Waals surface area contributed by atoms with E-state index in [0.717, 1.165) is 79.1 Å². The van der Waals surface area contributed by atoms with Crippen LogP contribution in [0.15, 0.2) is 36.4 Å². The first-order valence-corrected chi connectivity index (χ1v) is 17.0. The standard InChI is InChI=1S/C35H49N7O4.H2/c1-24-21-26(22-25(2)32(24)36)23-31(33(43)40-14-8-28(9-15-40)39-19-12-37-13-20-39)46-35(45)41-16-10-29(11-17-41)42-18-7-27-5-3-4-6-30(27)38-34(42)44;/h3-6,21-22,28-29,31,37H,7-20,23,36H2,1-2H3,(H,38,44);1H/t31-;/m1./s1. The van der Waals surface area contributed by atoms with Crippen LogP contribution in [-0.4, -0.2) is 115 Å². The van der Waals surface area contributed by atoms with Crippen LogP contribution < -0.4 is 16.4 Å². The number of likely N-dealkylation sites (tertiary alicyclic amines) is 2. The predicted molar refractivity (Wildman–Crippen MR) is 181 cm³/mol. The molecule has 0 unspecified atom stereocenters. The van der Waals surface area contributed by atoms with Crippen LogP contribution in [0.3, 0.4) is 0 Å². The highest BCUT2D eigenvalue weighted by atomic mass is 16.6. The SMILES string of the molecule is Cc1cc(C[C@@H](OC(=O)N2CCC(N3CCc4ccccc4NC3=O)CC2)C(=O)N2CCC(N3CCNCC3)CC2)cc(C)c1N.[HH]. The van der Waals surface area contributed by atoms with Gasteiger partial charge in [-0.25, -0.2) is 9.59 Å². The maximum absolute atomic E-state index is 14.0. The molecule has 0 aromatic heterocycles. The number of hydrogen-bond acceptors (Lipinski definition) is 7. The van der Waals surface area contributed by atoms with Gasteiger partial charge in [0.25, 0.3) is 5.91 Å². The summed E-state index contributed by atoms with van der Waals surface area (Å²) in [7, 11) is 0. The summed E-state index contributed by atoms with van der Waals surface area (Å²) in [5.74, 6) is -0.130. The van der Waals surface area contributed by atoms with Crippen LogP contribution in [0.4, 0.5) is 21.0 Å². The summed E-state index contributed by atoms with van der Waals surface area (Å²) in [5.41, 5.74) is 11.8. The molecule has 11 heteroatoms. The fourth-order valence-electron chi connectivity index (χ4n) is 7.57. The molecule has 0 aliphatic carbocycles. The Morgan fingerprint density at radius 1 is 0.913 bits per heavy atom. The Labute approximate surface area is 273 Å². The number of piperidine rings is 2. The van der Waals surface area contributed by atoms with Crippen LogP contribution in [0, 0.1) is 13.8 Å². The number of nitrogens with one attached hydrogen (secondary N) is 2. The zero-order chi connectivity index (χ0) is 32.2. The number of benzene rings is 2. The van der Waals surface area contributed by atoms with Gasteiger partial charge in [0, 0.05) is 90.2 Å². The number of piperazine rings is 1. The van der Waals surface area contributed by atoms with Crippen molar-refractivity contribution in [3.63, 3.8) is 0 Å². The van der Waals surface area contributed by atoms with E-state index in [-0.39, 0.29) is 19.4 Å². The van der Waals surface area contributed by atoms with Crippen LogP contribution >= 0.6 is 0 Å². The molecular weight excluding hydrogens is 582 g/mol. The van der Waals surface area contributed by atoms with E-state index in [1.165, 1.54) is 0 Å². The second-order valence-electron chi connectivity index (χ2n) is 13.3. The van der Waals surface area contributed by atoms with Crippen molar-refractivity contribution >= 4 is 29.4 Å². The van der Waals surface area contributed by atoms with Gasteiger partial charge >= 0.3 is 12.1 Å². The van der Waals surface area contributed by atoms with Crippen LogP contribution in [-0.2, 0) is 22.4 Å². The number of urea groups is 1. The van der Waals surface area contributed by atoms with Gasteiger partial charge in [-0.3, -0.25) is 9.69 Å². The molecule has 4 heterocycles. The topological polar surface area (TPSA) is 123 Å². The number of rotatable bonds is 6. The van der Waals surface area contributed by atoms with Gasteiger partial charge in [-0.2, -0.15) is 0 Å². The van der Waals surface area contributed by atoms with Gasteiger partial charge in [-0.05, 0) is 74.3 Å². The van der Waals surface area contributed by atoms with Crippen molar-refractivity contribution in [1.29, 1.82) is 0 Å². The molecule has 6 rings (SSSR count). The highest BCUT2D eigenvalue weighted by Crippen LogP contribution is 2.26. The minimum atomic E-state index is -0.918. The lowest BCUT2D eigenvalue weighted by Gasteiger charge is -2.41. The number of carbonyl (C=O) groups is 3. The molecule has 4 amide bonds. The Kier molecular flexibility index (Phi) is 9.98. The smallest absolute Gasteiger partial charge is 0.410 e. The number of aryl methyl sites for hydroxylation is 2. The average molecular weight is 634 g/mol. The van der Waals surface area contributed by atoms with E-state index in [1.54, 1.807) is 4.90 Å². The molecule has 0 spiro atoms. The Morgan fingerprint density at radius 3 is 2.24 bits per heavy atom. The molecular formula is C35H51N7O4. The van der Waals surface area contributed by atoms with Gasteiger partial charge in [-0.1, -0.05) is 30.3 Å². The maximum atomic E-state index is 14.0. The third kappa shape index (κ3) is 7.25. The molecule has 250 valence electrons. The lowest BCUT2D eigenvalue weighted by atomic mass is 9.98. The van der Waals surface area contributed by atoms with Crippen molar-refractivity contribution in [1.82, 2.24) is 24.9 Å². The highest BCUT2D eigenvalue weighted by molar-refractivity contribution is 5.91.